The Hall–Kier alpha value is -3.35. The maximum atomic E-state index is 12.9. The third-order valence-electron chi connectivity index (χ3n) is 3.88. The van der Waals surface area contributed by atoms with Gasteiger partial charge in [-0.25, -0.2) is 9.18 Å². The van der Waals surface area contributed by atoms with Gasteiger partial charge in [-0.1, -0.05) is 12.1 Å². The molecule has 7 heteroatoms. The summed E-state index contributed by atoms with van der Waals surface area (Å²) in [5.74, 6) is -0.301. The highest BCUT2D eigenvalue weighted by Gasteiger charge is 2.16. The molecule has 1 amide bonds. The zero-order valence-corrected chi connectivity index (χ0v) is 15.9. The van der Waals surface area contributed by atoms with Crippen molar-refractivity contribution in [1.29, 1.82) is 0 Å². The van der Waals surface area contributed by atoms with Crippen molar-refractivity contribution in [3.63, 3.8) is 0 Å². The first-order chi connectivity index (χ1) is 13.4. The van der Waals surface area contributed by atoms with Gasteiger partial charge in [-0.05, 0) is 42.8 Å². The largest absolute Gasteiger partial charge is 0.497 e. The predicted molar refractivity (Wildman–Crippen MR) is 102 cm³/mol. The number of rotatable bonds is 8. The van der Waals surface area contributed by atoms with Crippen molar-refractivity contribution in [2.45, 2.75) is 19.6 Å². The van der Waals surface area contributed by atoms with E-state index in [1.54, 1.807) is 37.4 Å². The normalized spacial score (nSPS) is 11.7. The maximum absolute atomic E-state index is 12.9. The average molecular weight is 387 g/mol. The van der Waals surface area contributed by atoms with Gasteiger partial charge < -0.3 is 19.5 Å². The molecule has 0 aliphatic rings. The van der Waals surface area contributed by atoms with Crippen molar-refractivity contribution in [1.82, 2.24) is 5.32 Å². The highest BCUT2D eigenvalue weighted by Crippen LogP contribution is 2.25. The number of halogens is 1. The number of carbonyl (C=O) groups excluding carboxylic acids is 2. The number of ether oxygens (including phenoxy) is 3. The Bertz CT molecular complexity index is 848. The molecule has 1 atom stereocenters. The molecule has 0 bridgehead atoms. The predicted octanol–water partition coefficient (Wildman–Crippen LogP) is 3.10. The molecular weight excluding hydrogens is 365 g/mol. The minimum absolute atomic E-state index is 0.208. The lowest BCUT2D eigenvalue weighted by molar-refractivity contribution is -0.150. The first kappa shape index (κ1) is 21.0. The summed E-state index contributed by atoms with van der Waals surface area (Å²) in [7, 11) is 3.06. The molecule has 6 nitrogen and oxygen atoms in total. The molecule has 0 saturated carbocycles. The Morgan fingerprint density at radius 3 is 2.46 bits per heavy atom. The molecule has 1 unspecified atom stereocenters. The topological polar surface area (TPSA) is 73.9 Å². The van der Waals surface area contributed by atoms with E-state index in [9.17, 15) is 14.0 Å². The van der Waals surface area contributed by atoms with Crippen molar-refractivity contribution < 1.29 is 28.2 Å². The highest BCUT2D eigenvalue weighted by molar-refractivity contribution is 5.90. The van der Waals surface area contributed by atoms with Crippen molar-refractivity contribution in [3.8, 4) is 11.5 Å². The number of esters is 1. The smallest absolute Gasteiger partial charge is 0.331 e. The molecule has 0 aromatic heterocycles. The second kappa shape index (κ2) is 10.1. The van der Waals surface area contributed by atoms with Crippen LogP contribution in [0.1, 0.15) is 18.1 Å². The summed E-state index contributed by atoms with van der Waals surface area (Å²) in [4.78, 5) is 24.0. The molecule has 2 aromatic rings. The number of nitrogens with one attached hydrogen (secondary N) is 1. The SMILES string of the molecule is COc1ccc(/C=C/C(=O)OC(C)C(=O)NCc2ccc(F)cc2)c(OC)c1. The van der Waals surface area contributed by atoms with Gasteiger partial charge in [0.15, 0.2) is 6.10 Å². The van der Waals surface area contributed by atoms with E-state index in [-0.39, 0.29) is 12.4 Å². The zero-order chi connectivity index (χ0) is 20.5. The summed E-state index contributed by atoms with van der Waals surface area (Å²) in [6, 6.07) is 10.9. The molecule has 0 saturated heterocycles. The molecule has 148 valence electrons. The second-order valence-electron chi connectivity index (χ2n) is 5.86. The summed E-state index contributed by atoms with van der Waals surface area (Å²) < 4.78 is 28.3. The Labute approximate surface area is 162 Å². The van der Waals surface area contributed by atoms with E-state index in [1.807, 2.05) is 0 Å². The van der Waals surface area contributed by atoms with E-state index < -0.39 is 18.0 Å². The average Bonchev–Trinajstić information content (AvgIpc) is 2.71. The monoisotopic (exact) mass is 387 g/mol. The third-order valence-corrected chi connectivity index (χ3v) is 3.88. The fraction of sp³-hybridized carbons (Fsp3) is 0.238. The minimum Gasteiger partial charge on any atom is -0.497 e. The fourth-order valence-electron chi connectivity index (χ4n) is 2.32. The van der Waals surface area contributed by atoms with Crippen molar-refractivity contribution >= 4 is 18.0 Å². The van der Waals surface area contributed by atoms with Crippen LogP contribution in [0.2, 0.25) is 0 Å². The van der Waals surface area contributed by atoms with Crippen LogP contribution in [0.3, 0.4) is 0 Å². The molecule has 2 rings (SSSR count). The van der Waals surface area contributed by atoms with Crippen molar-refractivity contribution in [3.05, 3.63) is 65.5 Å². The van der Waals surface area contributed by atoms with E-state index in [1.165, 1.54) is 38.3 Å². The van der Waals surface area contributed by atoms with Crippen molar-refractivity contribution in [2.24, 2.45) is 0 Å². The van der Waals surface area contributed by atoms with Gasteiger partial charge in [-0.3, -0.25) is 4.79 Å². The quantitative estimate of drug-likeness (QED) is 0.557. The van der Waals surface area contributed by atoms with Crippen LogP contribution in [-0.4, -0.2) is 32.2 Å². The van der Waals surface area contributed by atoms with Gasteiger partial charge in [-0.2, -0.15) is 0 Å². The molecule has 0 fully saturated rings. The van der Waals surface area contributed by atoms with Gasteiger partial charge in [-0.15, -0.1) is 0 Å². The Morgan fingerprint density at radius 1 is 1.11 bits per heavy atom. The van der Waals surface area contributed by atoms with Gasteiger partial charge in [0, 0.05) is 24.3 Å². The molecule has 0 spiro atoms. The number of benzene rings is 2. The van der Waals surface area contributed by atoms with Crippen LogP contribution in [0.25, 0.3) is 6.08 Å². The van der Waals surface area contributed by atoms with E-state index in [0.29, 0.717) is 17.1 Å². The summed E-state index contributed by atoms with van der Waals surface area (Å²) in [5.41, 5.74) is 1.40. The number of amides is 1. The molecule has 2 aromatic carbocycles. The Morgan fingerprint density at radius 2 is 1.82 bits per heavy atom. The van der Waals surface area contributed by atoms with Crippen LogP contribution in [0.15, 0.2) is 48.5 Å². The Balaban J connectivity index is 1.88. The van der Waals surface area contributed by atoms with Crippen molar-refractivity contribution in [2.75, 3.05) is 14.2 Å². The van der Waals surface area contributed by atoms with Crippen LogP contribution >= 0.6 is 0 Å². The standard InChI is InChI=1S/C21H22FNO5/c1-14(21(25)23-13-15-4-8-17(22)9-5-15)28-20(24)11-7-16-6-10-18(26-2)12-19(16)27-3/h4-12,14H,13H2,1-3H3,(H,23,25)/b11-7+. The van der Waals surface area contributed by atoms with E-state index in [4.69, 9.17) is 14.2 Å². The van der Waals surface area contributed by atoms with Gasteiger partial charge in [0.05, 0.1) is 14.2 Å². The zero-order valence-electron chi connectivity index (χ0n) is 15.9. The van der Waals surface area contributed by atoms with E-state index in [2.05, 4.69) is 5.32 Å². The Kier molecular flexibility index (Phi) is 7.56. The van der Waals surface area contributed by atoms with Crippen LogP contribution < -0.4 is 14.8 Å². The lowest BCUT2D eigenvalue weighted by atomic mass is 10.1. The molecule has 0 aliphatic carbocycles. The van der Waals surface area contributed by atoms with Gasteiger partial charge in [0.25, 0.3) is 5.91 Å². The van der Waals surface area contributed by atoms with Gasteiger partial charge in [0.2, 0.25) is 0 Å². The second-order valence-corrected chi connectivity index (χ2v) is 5.86. The van der Waals surface area contributed by atoms with Gasteiger partial charge >= 0.3 is 5.97 Å². The molecule has 0 aliphatic heterocycles. The molecule has 1 N–H and O–H groups in total. The lowest BCUT2D eigenvalue weighted by Gasteiger charge is -2.12. The molecule has 0 heterocycles. The molecule has 0 radical (unpaired) electrons. The first-order valence-electron chi connectivity index (χ1n) is 8.56. The summed E-state index contributed by atoms with van der Waals surface area (Å²) in [6.45, 7) is 1.68. The highest BCUT2D eigenvalue weighted by atomic mass is 19.1. The molecular formula is C21H22FNO5. The van der Waals surface area contributed by atoms with E-state index in [0.717, 1.165) is 5.56 Å². The van der Waals surface area contributed by atoms with E-state index >= 15 is 0 Å². The first-order valence-corrected chi connectivity index (χ1v) is 8.56. The molecule has 28 heavy (non-hydrogen) atoms. The third kappa shape index (κ3) is 6.12. The number of methoxy groups -OCH3 is 2. The number of hydrogen-bond acceptors (Lipinski definition) is 5. The number of hydrogen-bond donors (Lipinski definition) is 1. The van der Waals surface area contributed by atoms with Gasteiger partial charge in [0.1, 0.15) is 17.3 Å². The van der Waals surface area contributed by atoms with Crippen LogP contribution in [0.5, 0.6) is 11.5 Å². The van der Waals surface area contributed by atoms with Crippen LogP contribution in [0.4, 0.5) is 4.39 Å². The maximum Gasteiger partial charge on any atom is 0.331 e. The number of carbonyl (C=O) groups is 2. The fourth-order valence-corrected chi connectivity index (χ4v) is 2.32. The lowest BCUT2D eigenvalue weighted by Crippen LogP contribution is -2.35. The summed E-state index contributed by atoms with van der Waals surface area (Å²) >= 11 is 0. The summed E-state index contributed by atoms with van der Waals surface area (Å²) in [6.07, 6.45) is 1.77. The van der Waals surface area contributed by atoms with Crippen LogP contribution in [-0.2, 0) is 20.9 Å². The minimum atomic E-state index is -0.977. The summed E-state index contributed by atoms with van der Waals surface area (Å²) in [5, 5.41) is 2.63. The van der Waals surface area contributed by atoms with Crippen LogP contribution in [0, 0.1) is 5.82 Å².